The molecule has 2 nitrogen and oxygen atoms in total. The lowest BCUT2D eigenvalue weighted by Gasteiger charge is -2.03. The van der Waals surface area contributed by atoms with E-state index in [4.69, 9.17) is 0 Å². The number of alkyl halides is 3. The van der Waals surface area contributed by atoms with E-state index in [1.807, 2.05) is 0 Å². The molecule has 0 N–H and O–H groups in total. The molecule has 1 aromatic rings. The molecule has 0 unspecified atom stereocenters. The van der Waals surface area contributed by atoms with Gasteiger partial charge in [0.15, 0.2) is 0 Å². The number of ketones is 1. The molecule has 0 bridgehead atoms. The van der Waals surface area contributed by atoms with Crippen LogP contribution in [-0.4, -0.2) is 16.9 Å². The third kappa shape index (κ3) is 4.36. The highest BCUT2D eigenvalue weighted by atomic mass is 32.1. The number of halogens is 3. The highest BCUT2D eigenvalue weighted by Crippen LogP contribution is 2.22. The van der Waals surface area contributed by atoms with E-state index in [1.54, 1.807) is 5.51 Å². The third-order valence-corrected chi connectivity index (χ3v) is 2.32. The molecular formula is C8H8F3NOS. The minimum Gasteiger partial charge on any atom is -0.299 e. The number of carbonyl (C=O) groups is 1. The van der Waals surface area contributed by atoms with Crippen molar-refractivity contribution in [1.82, 2.24) is 4.98 Å². The topological polar surface area (TPSA) is 30.0 Å². The van der Waals surface area contributed by atoms with Crippen LogP contribution in [0.15, 0.2) is 11.7 Å². The lowest BCUT2D eigenvalue weighted by atomic mass is 10.1. The molecule has 0 spiro atoms. The Morgan fingerprint density at radius 3 is 2.71 bits per heavy atom. The summed E-state index contributed by atoms with van der Waals surface area (Å²) in [6.45, 7) is 0. The minimum absolute atomic E-state index is 0.0563. The number of thiazole rings is 1. The van der Waals surface area contributed by atoms with Crippen molar-refractivity contribution in [2.45, 2.75) is 25.4 Å². The summed E-state index contributed by atoms with van der Waals surface area (Å²) in [6, 6.07) is 0. The van der Waals surface area contributed by atoms with Gasteiger partial charge in [0, 0.05) is 23.9 Å². The number of aromatic nitrogens is 1. The van der Waals surface area contributed by atoms with Gasteiger partial charge in [-0.15, -0.1) is 11.3 Å². The van der Waals surface area contributed by atoms with Crippen molar-refractivity contribution in [2.75, 3.05) is 0 Å². The van der Waals surface area contributed by atoms with Gasteiger partial charge in [-0.3, -0.25) is 9.78 Å². The fourth-order valence-electron chi connectivity index (χ4n) is 0.893. The smallest absolute Gasteiger partial charge is 0.299 e. The van der Waals surface area contributed by atoms with Crippen LogP contribution in [0.1, 0.15) is 17.7 Å². The number of nitrogens with zero attached hydrogens (tertiary/aromatic N) is 1. The molecule has 0 radical (unpaired) electrons. The van der Waals surface area contributed by atoms with Gasteiger partial charge in [-0.2, -0.15) is 13.2 Å². The van der Waals surface area contributed by atoms with E-state index in [9.17, 15) is 18.0 Å². The van der Waals surface area contributed by atoms with Gasteiger partial charge in [-0.25, -0.2) is 0 Å². The quantitative estimate of drug-likeness (QED) is 0.785. The number of hydrogen-bond donors (Lipinski definition) is 0. The van der Waals surface area contributed by atoms with Crippen molar-refractivity contribution in [3.05, 3.63) is 16.6 Å². The van der Waals surface area contributed by atoms with E-state index >= 15 is 0 Å². The summed E-state index contributed by atoms with van der Waals surface area (Å²) in [5.74, 6) is -0.397. The van der Waals surface area contributed by atoms with Crippen LogP contribution in [0.5, 0.6) is 0 Å². The Bertz CT molecular complexity index is 294. The molecule has 0 amide bonds. The number of carbonyl (C=O) groups excluding carboxylic acids is 1. The van der Waals surface area contributed by atoms with Gasteiger partial charge < -0.3 is 0 Å². The second kappa shape index (κ2) is 4.54. The molecule has 0 fully saturated rings. The summed E-state index contributed by atoms with van der Waals surface area (Å²) in [4.78, 5) is 15.5. The zero-order valence-corrected chi connectivity index (χ0v) is 7.99. The molecule has 0 atom stereocenters. The van der Waals surface area contributed by atoms with Gasteiger partial charge in [0.2, 0.25) is 0 Å². The largest absolute Gasteiger partial charge is 0.389 e. The number of rotatable bonds is 4. The van der Waals surface area contributed by atoms with E-state index in [0.717, 1.165) is 0 Å². The van der Waals surface area contributed by atoms with Crippen molar-refractivity contribution in [3.63, 3.8) is 0 Å². The summed E-state index contributed by atoms with van der Waals surface area (Å²) in [6.07, 6.45) is -4.17. The predicted molar refractivity (Wildman–Crippen MR) is 46.1 cm³/mol. The van der Waals surface area contributed by atoms with Crippen molar-refractivity contribution in [2.24, 2.45) is 0 Å². The Labute approximate surface area is 82.8 Å². The van der Waals surface area contributed by atoms with Gasteiger partial charge >= 0.3 is 6.18 Å². The second-order valence-electron chi connectivity index (χ2n) is 2.80. The van der Waals surface area contributed by atoms with Crippen LogP contribution in [0.3, 0.4) is 0 Å². The highest BCUT2D eigenvalue weighted by Gasteiger charge is 2.27. The van der Waals surface area contributed by atoms with Gasteiger partial charge in [0.25, 0.3) is 0 Å². The lowest BCUT2D eigenvalue weighted by Crippen LogP contribution is -2.11. The molecule has 78 valence electrons. The molecule has 0 saturated heterocycles. The maximum absolute atomic E-state index is 11.7. The second-order valence-corrected chi connectivity index (χ2v) is 3.77. The van der Waals surface area contributed by atoms with Crippen LogP contribution in [0.25, 0.3) is 0 Å². The molecule has 1 aromatic heterocycles. The lowest BCUT2D eigenvalue weighted by molar-refractivity contribution is -0.142. The number of Topliss-reactive ketones (excluding diaryl/α,β-unsaturated/α-hetero) is 1. The van der Waals surface area contributed by atoms with Gasteiger partial charge in [-0.1, -0.05) is 0 Å². The Kier molecular flexibility index (Phi) is 3.62. The molecule has 1 heterocycles. The van der Waals surface area contributed by atoms with Crippen molar-refractivity contribution >= 4 is 17.1 Å². The van der Waals surface area contributed by atoms with Crippen molar-refractivity contribution < 1.29 is 18.0 Å². The normalized spacial score (nSPS) is 11.6. The van der Waals surface area contributed by atoms with Crippen LogP contribution in [-0.2, 0) is 11.2 Å². The Hall–Kier alpha value is -0.910. The molecule has 0 aliphatic heterocycles. The Morgan fingerprint density at radius 1 is 1.50 bits per heavy atom. The first-order valence-corrected chi connectivity index (χ1v) is 4.81. The maximum atomic E-state index is 11.7. The Balaban J connectivity index is 2.30. The third-order valence-electron chi connectivity index (χ3n) is 1.54. The monoisotopic (exact) mass is 223 g/mol. The van der Waals surface area contributed by atoms with Gasteiger partial charge in [0.1, 0.15) is 5.78 Å². The summed E-state index contributed by atoms with van der Waals surface area (Å²) < 4.78 is 35.2. The predicted octanol–water partition coefficient (Wildman–Crippen LogP) is 2.60. The first kappa shape index (κ1) is 11.2. The van der Waals surface area contributed by atoms with E-state index in [1.165, 1.54) is 17.5 Å². The van der Waals surface area contributed by atoms with E-state index in [2.05, 4.69) is 4.98 Å². The first-order chi connectivity index (χ1) is 6.47. The zero-order valence-electron chi connectivity index (χ0n) is 7.17. The van der Waals surface area contributed by atoms with Crippen molar-refractivity contribution in [1.29, 1.82) is 0 Å². The minimum atomic E-state index is -4.25. The van der Waals surface area contributed by atoms with Crippen molar-refractivity contribution in [3.8, 4) is 0 Å². The Morgan fingerprint density at radius 2 is 2.21 bits per heavy atom. The zero-order chi connectivity index (χ0) is 10.6. The molecule has 0 aliphatic rings. The van der Waals surface area contributed by atoms with Crippen LogP contribution in [0.4, 0.5) is 13.2 Å². The average molecular weight is 223 g/mol. The summed E-state index contributed by atoms with van der Waals surface area (Å²) in [7, 11) is 0. The molecule has 0 aliphatic carbocycles. The average Bonchev–Trinajstić information content (AvgIpc) is 2.52. The fraction of sp³-hybridized carbons (Fsp3) is 0.500. The summed E-state index contributed by atoms with van der Waals surface area (Å²) in [5, 5.41) is 0. The highest BCUT2D eigenvalue weighted by molar-refractivity contribution is 7.09. The van der Waals surface area contributed by atoms with E-state index < -0.39 is 24.8 Å². The fourth-order valence-corrected chi connectivity index (χ4v) is 1.52. The molecule has 0 saturated carbocycles. The summed E-state index contributed by atoms with van der Waals surface area (Å²) >= 11 is 1.27. The maximum Gasteiger partial charge on any atom is 0.389 e. The molecule has 0 aromatic carbocycles. The van der Waals surface area contributed by atoms with E-state index in [-0.39, 0.29) is 6.42 Å². The molecule has 1 rings (SSSR count). The van der Waals surface area contributed by atoms with Crippen LogP contribution in [0.2, 0.25) is 0 Å². The van der Waals surface area contributed by atoms with Gasteiger partial charge in [-0.05, 0) is 0 Å². The van der Waals surface area contributed by atoms with Crippen LogP contribution >= 0.6 is 11.3 Å². The summed E-state index contributed by atoms with van der Waals surface area (Å²) in [5.41, 5.74) is 1.55. The molecule has 6 heteroatoms. The van der Waals surface area contributed by atoms with E-state index in [0.29, 0.717) is 4.88 Å². The van der Waals surface area contributed by atoms with Gasteiger partial charge in [0.05, 0.1) is 11.9 Å². The number of hydrogen-bond acceptors (Lipinski definition) is 3. The molecular weight excluding hydrogens is 215 g/mol. The first-order valence-electron chi connectivity index (χ1n) is 3.93. The standard InChI is InChI=1S/C8H8F3NOS/c9-8(10,11)2-1-6(13)3-7-4-12-5-14-7/h4-5H,1-3H2. The molecule has 14 heavy (non-hydrogen) atoms. The van der Waals surface area contributed by atoms with Crippen LogP contribution < -0.4 is 0 Å². The van der Waals surface area contributed by atoms with Crippen LogP contribution in [0, 0.1) is 0 Å². The SMILES string of the molecule is O=C(CCC(F)(F)F)Cc1cncs1.